The fourth-order valence-corrected chi connectivity index (χ4v) is 1.83. The van der Waals surface area contributed by atoms with Crippen LogP contribution in [0.1, 0.15) is 23.0 Å². The Morgan fingerprint density at radius 2 is 2.11 bits per heavy atom. The van der Waals surface area contributed by atoms with Crippen LogP contribution in [0.3, 0.4) is 0 Å². The lowest BCUT2D eigenvalue weighted by Gasteiger charge is -2.02. The molecule has 0 atom stereocenters. The van der Waals surface area contributed by atoms with E-state index in [9.17, 15) is 4.79 Å². The number of hydrogen-bond acceptors (Lipinski definition) is 4. The Labute approximate surface area is 119 Å². The fourth-order valence-electron chi connectivity index (χ4n) is 1.34. The molecule has 4 nitrogen and oxygen atoms in total. The Bertz CT molecular complexity index is 621. The van der Waals surface area contributed by atoms with Gasteiger partial charge in [-0.1, -0.05) is 28.4 Å². The standard InChI is InChI=1S/C13H9Cl2NO3/c1-8(12-3-2-6-18-12)16-19-13(17)10-5-4-9(14)7-11(10)15/h2-7H,1H3. The first-order valence-corrected chi connectivity index (χ1v) is 6.08. The lowest BCUT2D eigenvalue weighted by atomic mass is 10.2. The van der Waals surface area contributed by atoms with Gasteiger partial charge in [-0.25, -0.2) is 4.79 Å². The number of carbonyl (C=O) groups excluding carboxylic acids is 1. The predicted octanol–water partition coefficient (Wildman–Crippen LogP) is 4.17. The van der Waals surface area contributed by atoms with Crippen molar-refractivity contribution in [2.75, 3.05) is 0 Å². The molecule has 19 heavy (non-hydrogen) atoms. The summed E-state index contributed by atoms with van der Waals surface area (Å²) in [5.41, 5.74) is 0.644. The van der Waals surface area contributed by atoms with E-state index in [1.807, 2.05) is 0 Å². The average molecular weight is 298 g/mol. The summed E-state index contributed by atoms with van der Waals surface area (Å²) >= 11 is 11.6. The van der Waals surface area contributed by atoms with Crippen LogP contribution in [-0.4, -0.2) is 11.7 Å². The van der Waals surface area contributed by atoms with Gasteiger partial charge in [-0.05, 0) is 37.3 Å². The molecule has 0 aliphatic heterocycles. The molecule has 2 aromatic rings. The molecule has 0 unspecified atom stereocenters. The third-order valence-electron chi connectivity index (χ3n) is 2.29. The fraction of sp³-hybridized carbons (Fsp3) is 0.0769. The lowest BCUT2D eigenvalue weighted by Crippen LogP contribution is -2.04. The van der Waals surface area contributed by atoms with Crippen molar-refractivity contribution in [3.63, 3.8) is 0 Å². The molecule has 1 aromatic heterocycles. The maximum absolute atomic E-state index is 11.8. The first-order chi connectivity index (χ1) is 9.08. The Hall–Kier alpha value is -1.78. The third-order valence-corrected chi connectivity index (χ3v) is 2.84. The summed E-state index contributed by atoms with van der Waals surface area (Å²) in [6.45, 7) is 1.66. The highest BCUT2D eigenvalue weighted by atomic mass is 35.5. The Kier molecular flexibility index (Phi) is 4.24. The molecule has 0 fully saturated rings. The highest BCUT2D eigenvalue weighted by Crippen LogP contribution is 2.21. The molecule has 0 bridgehead atoms. The van der Waals surface area contributed by atoms with Crippen LogP contribution in [0, 0.1) is 0 Å². The minimum Gasteiger partial charge on any atom is -0.463 e. The van der Waals surface area contributed by atoms with Gasteiger partial charge in [0.2, 0.25) is 0 Å². The third kappa shape index (κ3) is 3.36. The summed E-state index contributed by atoms with van der Waals surface area (Å²) in [6, 6.07) is 7.91. The second kappa shape index (κ2) is 5.91. The van der Waals surface area contributed by atoms with E-state index in [0.717, 1.165) is 0 Å². The van der Waals surface area contributed by atoms with Crippen molar-refractivity contribution in [1.82, 2.24) is 0 Å². The largest absolute Gasteiger partial charge is 0.463 e. The first kappa shape index (κ1) is 13.6. The lowest BCUT2D eigenvalue weighted by molar-refractivity contribution is 0.0516. The number of furan rings is 1. The van der Waals surface area contributed by atoms with Crippen molar-refractivity contribution < 1.29 is 14.0 Å². The summed E-state index contributed by atoms with van der Waals surface area (Å²) < 4.78 is 5.11. The Morgan fingerprint density at radius 1 is 1.32 bits per heavy atom. The van der Waals surface area contributed by atoms with Crippen LogP contribution >= 0.6 is 23.2 Å². The highest BCUT2D eigenvalue weighted by Gasteiger charge is 2.13. The van der Waals surface area contributed by atoms with Gasteiger partial charge in [0, 0.05) is 5.02 Å². The van der Waals surface area contributed by atoms with E-state index in [0.29, 0.717) is 16.5 Å². The zero-order chi connectivity index (χ0) is 13.8. The van der Waals surface area contributed by atoms with E-state index in [1.165, 1.54) is 18.4 Å². The molecule has 1 heterocycles. The van der Waals surface area contributed by atoms with Crippen molar-refractivity contribution in [1.29, 1.82) is 0 Å². The van der Waals surface area contributed by atoms with Gasteiger partial charge >= 0.3 is 5.97 Å². The van der Waals surface area contributed by atoms with Gasteiger partial charge in [0.1, 0.15) is 5.71 Å². The van der Waals surface area contributed by atoms with Gasteiger partial charge in [-0.2, -0.15) is 0 Å². The zero-order valence-corrected chi connectivity index (χ0v) is 11.4. The van der Waals surface area contributed by atoms with E-state index < -0.39 is 5.97 Å². The zero-order valence-electron chi connectivity index (χ0n) is 9.89. The normalized spacial score (nSPS) is 11.4. The minimum atomic E-state index is -0.660. The quantitative estimate of drug-likeness (QED) is 0.485. The predicted molar refractivity (Wildman–Crippen MR) is 72.8 cm³/mol. The average Bonchev–Trinajstić information content (AvgIpc) is 2.89. The molecule has 0 amide bonds. The van der Waals surface area contributed by atoms with Gasteiger partial charge in [0.25, 0.3) is 0 Å². The molecule has 98 valence electrons. The van der Waals surface area contributed by atoms with Gasteiger partial charge < -0.3 is 9.25 Å². The number of halogens is 2. The molecule has 0 saturated heterocycles. The van der Waals surface area contributed by atoms with Crippen molar-refractivity contribution in [3.05, 3.63) is 58.0 Å². The maximum Gasteiger partial charge on any atom is 0.367 e. The van der Waals surface area contributed by atoms with Crippen molar-refractivity contribution in [2.45, 2.75) is 6.92 Å². The van der Waals surface area contributed by atoms with E-state index >= 15 is 0 Å². The number of oxime groups is 1. The monoisotopic (exact) mass is 297 g/mol. The van der Waals surface area contributed by atoms with E-state index in [-0.39, 0.29) is 10.6 Å². The summed E-state index contributed by atoms with van der Waals surface area (Å²) in [5, 5.41) is 4.34. The van der Waals surface area contributed by atoms with E-state index in [1.54, 1.807) is 25.1 Å². The molecule has 0 N–H and O–H groups in total. The SMILES string of the molecule is CC(=NOC(=O)c1ccc(Cl)cc1Cl)c1ccco1. The smallest absolute Gasteiger partial charge is 0.367 e. The second-order valence-electron chi connectivity index (χ2n) is 3.66. The number of nitrogens with zero attached hydrogens (tertiary/aromatic N) is 1. The summed E-state index contributed by atoms with van der Waals surface area (Å²) in [6.07, 6.45) is 1.51. The van der Waals surface area contributed by atoms with Crippen LogP contribution < -0.4 is 0 Å². The Morgan fingerprint density at radius 3 is 2.74 bits per heavy atom. The molecule has 6 heteroatoms. The highest BCUT2D eigenvalue weighted by molar-refractivity contribution is 6.36. The molecule has 0 radical (unpaired) electrons. The van der Waals surface area contributed by atoms with Crippen LogP contribution in [-0.2, 0) is 4.84 Å². The Balaban J connectivity index is 2.11. The summed E-state index contributed by atoms with van der Waals surface area (Å²) in [7, 11) is 0. The molecular formula is C13H9Cl2NO3. The van der Waals surface area contributed by atoms with Crippen molar-refractivity contribution in [3.8, 4) is 0 Å². The van der Waals surface area contributed by atoms with Gasteiger partial charge in [-0.3, -0.25) is 0 Å². The molecule has 1 aromatic carbocycles. The number of rotatable bonds is 3. The van der Waals surface area contributed by atoms with E-state index in [2.05, 4.69) is 5.16 Å². The molecule has 2 rings (SSSR count). The van der Waals surface area contributed by atoms with Gasteiger partial charge in [-0.15, -0.1) is 0 Å². The van der Waals surface area contributed by atoms with Crippen LogP contribution in [0.5, 0.6) is 0 Å². The minimum absolute atomic E-state index is 0.196. The molecular weight excluding hydrogens is 289 g/mol. The van der Waals surface area contributed by atoms with Crippen molar-refractivity contribution in [2.24, 2.45) is 5.16 Å². The summed E-state index contributed by atoms with van der Waals surface area (Å²) in [5.74, 6) is -0.137. The first-order valence-electron chi connectivity index (χ1n) is 5.33. The molecule has 0 saturated carbocycles. The van der Waals surface area contributed by atoms with Crippen LogP contribution in [0.25, 0.3) is 0 Å². The van der Waals surface area contributed by atoms with Crippen LogP contribution in [0.15, 0.2) is 46.2 Å². The van der Waals surface area contributed by atoms with Crippen LogP contribution in [0.2, 0.25) is 10.0 Å². The van der Waals surface area contributed by atoms with E-state index in [4.69, 9.17) is 32.5 Å². The number of carbonyl (C=O) groups is 1. The van der Waals surface area contributed by atoms with Crippen molar-refractivity contribution >= 4 is 34.9 Å². The van der Waals surface area contributed by atoms with Gasteiger partial charge in [0.15, 0.2) is 5.76 Å². The van der Waals surface area contributed by atoms with Gasteiger partial charge in [0.05, 0.1) is 16.8 Å². The number of hydrogen-bond donors (Lipinski definition) is 0. The molecule has 0 aliphatic carbocycles. The molecule has 0 spiro atoms. The number of benzene rings is 1. The van der Waals surface area contributed by atoms with Crippen LogP contribution in [0.4, 0.5) is 0 Å². The molecule has 0 aliphatic rings. The second-order valence-corrected chi connectivity index (χ2v) is 4.50. The topological polar surface area (TPSA) is 51.8 Å². The maximum atomic E-state index is 11.8. The summed E-state index contributed by atoms with van der Waals surface area (Å²) in [4.78, 5) is 16.6.